The molecule has 4 nitrogen and oxygen atoms in total. The summed E-state index contributed by atoms with van der Waals surface area (Å²) in [4.78, 5) is 12.9. The van der Waals surface area contributed by atoms with Crippen LogP contribution < -0.4 is 10.5 Å². The highest BCUT2D eigenvalue weighted by Crippen LogP contribution is 2.30. The second-order valence-corrected chi connectivity index (χ2v) is 7.18. The molecule has 0 spiro atoms. The Morgan fingerprint density at radius 1 is 0.897 bits per heavy atom. The maximum Gasteiger partial charge on any atom is 0.319 e. The molecule has 0 amide bonds. The Labute approximate surface area is 171 Å². The number of esters is 1. The maximum atomic E-state index is 12.9. The van der Waals surface area contributed by atoms with Gasteiger partial charge in [-0.2, -0.15) is 0 Å². The molecule has 3 aromatic carbocycles. The molecule has 4 heteroatoms. The molecule has 148 valence electrons. The Morgan fingerprint density at radius 2 is 1.55 bits per heavy atom. The predicted octanol–water partition coefficient (Wildman–Crippen LogP) is 6.01. The van der Waals surface area contributed by atoms with Crippen molar-refractivity contribution in [3.63, 3.8) is 0 Å². The van der Waals surface area contributed by atoms with Crippen LogP contribution in [0.4, 0.5) is 5.69 Å². The number of ether oxygens (including phenoxy) is 2. The van der Waals surface area contributed by atoms with Crippen LogP contribution in [0.2, 0.25) is 0 Å². The normalized spacial score (nSPS) is 11.7. The molecule has 29 heavy (non-hydrogen) atoms. The Kier molecular flexibility index (Phi) is 6.35. The molecular weight excluding hydrogens is 362 g/mol. The van der Waals surface area contributed by atoms with Crippen LogP contribution in [0.15, 0.2) is 85.4 Å². The molecule has 0 aliphatic heterocycles. The fourth-order valence-corrected chi connectivity index (χ4v) is 3.10. The predicted molar refractivity (Wildman–Crippen MR) is 117 cm³/mol. The monoisotopic (exact) mass is 387 g/mol. The topological polar surface area (TPSA) is 61.5 Å². The summed E-state index contributed by atoms with van der Waals surface area (Å²) in [5, 5.41) is 0. The van der Waals surface area contributed by atoms with Crippen LogP contribution in [0.5, 0.6) is 11.5 Å². The van der Waals surface area contributed by atoms with Gasteiger partial charge in [0.25, 0.3) is 0 Å². The van der Waals surface area contributed by atoms with Gasteiger partial charge in [0.05, 0.1) is 5.92 Å². The van der Waals surface area contributed by atoms with Crippen LogP contribution in [0.1, 0.15) is 30.9 Å². The number of nitrogens with two attached hydrogens (primary N) is 1. The summed E-state index contributed by atoms with van der Waals surface area (Å²) in [5.74, 6) is 0.974. The average molecular weight is 387 g/mol. The lowest BCUT2D eigenvalue weighted by Crippen LogP contribution is -2.20. The minimum atomic E-state index is -0.406. The molecule has 0 aliphatic rings. The van der Waals surface area contributed by atoms with Crippen LogP contribution >= 0.6 is 0 Å². The van der Waals surface area contributed by atoms with Gasteiger partial charge in [-0.25, -0.2) is 0 Å². The zero-order valence-corrected chi connectivity index (χ0v) is 16.7. The molecule has 0 fully saturated rings. The van der Waals surface area contributed by atoms with E-state index in [0.717, 1.165) is 11.3 Å². The molecule has 0 bridgehead atoms. The van der Waals surface area contributed by atoms with Gasteiger partial charge in [-0.05, 0) is 47.9 Å². The fraction of sp³-hybridized carbons (Fsp3) is 0.160. The first-order valence-electron chi connectivity index (χ1n) is 9.53. The van der Waals surface area contributed by atoms with Gasteiger partial charge < -0.3 is 15.2 Å². The van der Waals surface area contributed by atoms with Gasteiger partial charge in [0.1, 0.15) is 17.3 Å². The number of benzene rings is 3. The highest BCUT2D eigenvalue weighted by Gasteiger charge is 2.26. The number of hydrogen-bond donors (Lipinski definition) is 1. The molecule has 1 atom stereocenters. The summed E-state index contributed by atoms with van der Waals surface area (Å²) in [6.45, 7) is 7.91. The number of nitrogen functional groups attached to an aromatic ring is 1. The summed E-state index contributed by atoms with van der Waals surface area (Å²) < 4.78 is 11.5. The molecule has 0 heterocycles. The van der Waals surface area contributed by atoms with E-state index in [1.165, 1.54) is 0 Å². The number of carbonyl (C=O) groups excluding carboxylic acids is 1. The standard InChI is InChI=1S/C25H25NO3/c1-17(2)24(19-12-14-21(26)15-13-19)25(27)28-18(3)20-8-7-11-23(16-20)29-22-9-5-4-6-10-22/h4-17,24H,3,26H2,1-2H3/t24-/m0/s1. The van der Waals surface area contributed by atoms with E-state index in [-0.39, 0.29) is 17.6 Å². The quantitative estimate of drug-likeness (QED) is 0.306. The smallest absolute Gasteiger partial charge is 0.319 e. The molecule has 0 saturated carbocycles. The van der Waals surface area contributed by atoms with E-state index in [9.17, 15) is 4.79 Å². The van der Waals surface area contributed by atoms with E-state index >= 15 is 0 Å². The third-order valence-corrected chi connectivity index (χ3v) is 4.57. The van der Waals surface area contributed by atoms with Crippen LogP contribution in [0.3, 0.4) is 0 Å². The first kappa shape index (κ1) is 20.2. The number of para-hydroxylation sites is 1. The molecule has 2 N–H and O–H groups in total. The first-order chi connectivity index (χ1) is 13.9. The highest BCUT2D eigenvalue weighted by atomic mass is 16.5. The molecule has 3 rings (SSSR count). The molecule has 3 aromatic rings. The van der Waals surface area contributed by atoms with Crippen molar-refractivity contribution in [1.29, 1.82) is 0 Å². The number of carbonyl (C=O) groups is 1. The molecule has 0 unspecified atom stereocenters. The van der Waals surface area contributed by atoms with Gasteiger partial charge in [-0.1, -0.05) is 62.9 Å². The van der Waals surface area contributed by atoms with Gasteiger partial charge in [-0.15, -0.1) is 0 Å². The summed E-state index contributed by atoms with van der Waals surface area (Å²) >= 11 is 0. The Balaban J connectivity index is 1.74. The lowest BCUT2D eigenvalue weighted by atomic mass is 9.88. The second-order valence-electron chi connectivity index (χ2n) is 7.18. The van der Waals surface area contributed by atoms with Gasteiger partial charge in [0.15, 0.2) is 0 Å². The van der Waals surface area contributed by atoms with E-state index in [4.69, 9.17) is 15.2 Å². The van der Waals surface area contributed by atoms with Crippen molar-refractivity contribution in [2.24, 2.45) is 5.92 Å². The Hall–Kier alpha value is -3.53. The van der Waals surface area contributed by atoms with Crippen LogP contribution in [-0.4, -0.2) is 5.97 Å². The van der Waals surface area contributed by atoms with E-state index in [1.54, 1.807) is 18.2 Å². The van der Waals surface area contributed by atoms with Crippen molar-refractivity contribution in [3.05, 3.63) is 96.6 Å². The summed E-state index contributed by atoms with van der Waals surface area (Å²) in [7, 11) is 0. The van der Waals surface area contributed by atoms with Gasteiger partial charge in [0.2, 0.25) is 0 Å². The van der Waals surface area contributed by atoms with Gasteiger partial charge in [0, 0.05) is 11.3 Å². The molecule has 0 radical (unpaired) electrons. The van der Waals surface area contributed by atoms with Crippen LogP contribution in [-0.2, 0) is 9.53 Å². The molecule has 0 aliphatic carbocycles. The van der Waals surface area contributed by atoms with E-state index < -0.39 is 5.92 Å². The van der Waals surface area contributed by atoms with Gasteiger partial charge in [-0.3, -0.25) is 4.79 Å². The summed E-state index contributed by atoms with van der Waals surface area (Å²) in [5.41, 5.74) is 7.98. The molecule has 0 aromatic heterocycles. The second kappa shape index (κ2) is 9.11. The third-order valence-electron chi connectivity index (χ3n) is 4.57. The Morgan fingerprint density at radius 3 is 2.21 bits per heavy atom. The van der Waals surface area contributed by atoms with E-state index in [2.05, 4.69) is 6.58 Å². The minimum Gasteiger partial charge on any atom is -0.457 e. The van der Waals surface area contributed by atoms with Crippen molar-refractivity contribution >= 4 is 17.4 Å². The summed E-state index contributed by atoms with van der Waals surface area (Å²) in [6, 6.07) is 24.1. The summed E-state index contributed by atoms with van der Waals surface area (Å²) in [6.07, 6.45) is 0. The fourth-order valence-electron chi connectivity index (χ4n) is 3.10. The lowest BCUT2D eigenvalue weighted by molar-refractivity contribution is -0.139. The number of anilines is 1. The SMILES string of the molecule is C=C(OC(=O)[C@H](c1ccc(N)cc1)C(C)C)c1cccc(Oc2ccccc2)c1. The minimum absolute atomic E-state index is 0.0617. The molecule has 0 saturated heterocycles. The average Bonchev–Trinajstić information content (AvgIpc) is 2.70. The largest absolute Gasteiger partial charge is 0.457 e. The van der Waals surface area contributed by atoms with E-state index in [1.807, 2.05) is 74.5 Å². The van der Waals surface area contributed by atoms with Crippen molar-refractivity contribution < 1.29 is 14.3 Å². The Bertz CT molecular complexity index is 978. The lowest BCUT2D eigenvalue weighted by Gasteiger charge is -2.20. The van der Waals surface area contributed by atoms with Gasteiger partial charge >= 0.3 is 5.97 Å². The zero-order chi connectivity index (χ0) is 20.8. The third kappa shape index (κ3) is 5.26. The highest BCUT2D eigenvalue weighted by molar-refractivity contribution is 5.84. The van der Waals surface area contributed by atoms with Crippen molar-refractivity contribution in [2.75, 3.05) is 5.73 Å². The van der Waals surface area contributed by atoms with Crippen molar-refractivity contribution in [3.8, 4) is 11.5 Å². The van der Waals surface area contributed by atoms with E-state index in [0.29, 0.717) is 17.0 Å². The van der Waals surface area contributed by atoms with Crippen molar-refractivity contribution in [2.45, 2.75) is 19.8 Å². The number of hydrogen-bond acceptors (Lipinski definition) is 4. The van der Waals surface area contributed by atoms with Crippen molar-refractivity contribution in [1.82, 2.24) is 0 Å². The maximum absolute atomic E-state index is 12.9. The first-order valence-corrected chi connectivity index (χ1v) is 9.53. The zero-order valence-electron chi connectivity index (χ0n) is 16.7. The van der Waals surface area contributed by atoms with Crippen LogP contribution in [0, 0.1) is 5.92 Å². The van der Waals surface area contributed by atoms with Crippen LogP contribution in [0.25, 0.3) is 5.76 Å². The number of rotatable bonds is 7. The molecular formula is C25H25NO3.